The third-order valence-corrected chi connectivity index (χ3v) is 5.85. The molecule has 6 heteroatoms. The zero-order chi connectivity index (χ0) is 21.1. The summed E-state index contributed by atoms with van der Waals surface area (Å²) >= 11 is 0. The van der Waals surface area contributed by atoms with Crippen molar-refractivity contribution < 1.29 is 19.1 Å². The van der Waals surface area contributed by atoms with Gasteiger partial charge in [0, 0.05) is 24.3 Å². The Morgan fingerprint density at radius 2 is 1.93 bits per heavy atom. The predicted octanol–water partition coefficient (Wildman–Crippen LogP) is 3.27. The molecule has 156 valence electrons. The van der Waals surface area contributed by atoms with Crippen molar-refractivity contribution in [2.45, 2.75) is 39.0 Å². The second kappa shape index (κ2) is 8.69. The molecule has 1 fully saturated rings. The van der Waals surface area contributed by atoms with Gasteiger partial charge in [0.1, 0.15) is 0 Å². The number of hydrogen-bond donors (Lipinski definition) is 1. The first-order chi connectivity index (χ1) is 14.5. The molecule has 0 aromatic heterocycles. The lowest BCUT2D eigenvalue weighted by molar-refractivity contribution is -0.151. The fourth-order valence-electron chi connectivity index (χ4n) is 4.27. The molecular formula is C24H26N2O4. The number of amides is 2. The second-order valence-corrected chi connectivity index (χ2v) is 7.88. The quantitative estimate of drug-likeness (QED) is 0.747. The van der Waals surface area contributed by atoms with Crippen molar-refractivity contribution in [3.8, 4) is 0 Å². The van der Waals surface area contributed by atoms with Gasteiger partial charge in [-0.2, -0.15) is 0 Å². The molecule has 2 amide bonds. The van der Waals surface area contributed by atoms with Crippen LogP contribution in [0, 0.1) is 5.92 Å². The highest BCUT2D eigenvalue weighted by atomic mass is 16.5. The number of fused-ring (bicyclic) bond motifs is 1. The van der Waals surface area contributed by atoms with Crippen molar-refractivity contribution in [2.75, 3.05) is 23.4 Å². The molecule has 6 nitrogen and oxygen atoms in total. The Bertz CT molecular complexity index is 985. The standard InChI is InChI=1S/C24H26N2O4/c1-2-16-6-3-4-9-21(16)26-14-19(13-23(26)28)24(29)30-15-22(27)25-20-11-10-17-7-5-8-18(17)12-20/h3-4,6,9-12,19H,2,5,7-8,13-15H2,1H3,(H,25,27)/t19-/m0/s1. The van der Waals surface area contributed by atoms with Crippen molar-refractivity contribution in [2.24, 2.45) is 5.92 Å². The topological polar surface area (TPSA) is 75.7 Å². The summed E-state index contributed by atoms with van der Waals surface area (Å²) in [6, 6.07) is 13.6. The van der Waals surface area contributed by atoms with Crippen molar-refractivity contribution in [3.63, 3.8) is 0 Å². The lowest BCUT2D eigenvalue weighted by atomic mass is 10.1. The Balaban J connectivity index is 1.31. The van der Waals surface area contributed by atoms with Gasteiger partial charge in [-0.1, -0.05) is 31.2 Å². The second-order valence-electron chi connectivity index (χ2n) is 7.88. The van der Waals surface area contributed by atoms with Gasteiger partial charge < -0.3 is 15.0 Å². The van der Waals surface area contributed by atoms with Crippen molar-refractivity contribution in [3.05, 3.63) is 59.2 Å². The molecule has 2 aromatic rings. The predicted molar refractivity (Wildman–Crippen MR) is 114 cm³/mol. The van der Waals surface area contributed by atoms with Crippen LogP contribution in [-0.4, -0.2) is 30.9 Å². The van der Waals surface area contributed by atoms with E-state index in [4.69, 9.17) is 4.74 Å². The van der Waals surface area contributed by atoms with Crippen LogP contribution in [0.1, 0.15) is 36.5 Å². The van der Waals surface area contributed by atoms with Crippen LogP contribution >= 0.6 is 0 Å². The first-order valence-corrected chi connectivity index (χ1v) is 10.5. The first-order valence-electron chi connectivity index (χ1n) is 10.5. The van der Waals surface area contributed by atoms with E-state index < -0.39 is 11.9 Å². The van der Waals surface area contributed by atoms with Gasteiger partial charge in [-0.05, 0) is 60.6 Å². The molecule has 0 spiro atoms. The summed E-state index contributed by atoms with van der Waals surface area (Å²) < 4.78 is 5.21. The molecule has 1 heterocycles. The van der Waals surface area contributed by atoms with E-state index in [-0.39, 0.29) is 31.4 Å². The Morgan fingerprint density at radius 1 is 1.13 bits per heavy atom. The van der Waals surface area contributed by atoms with E-state index in [1.54, 1.807) is 4.90 Å². The number of ether oxygens (including phenoxy) is 1. The van der Waals surface area contributed by atoms with Crippen molar-refractivity contribution >= 4 is 29.2 Å². The minimum Gasteiger partial charge on any atom is -0.455 e. The van der Waals surface area contributed by atoms with Gasteiger partial charge in [-0.3, -0.25) is 14.4 Å². The molecule has 2 aliphatic rings. The number of esters is 1. The van der Waals surface area contributed by atoms with Crippen LogP contribution in [0.2, 0.25) is 0 Å². The Labute approximate surface area is 176 Å². The summed E-state index contributed by atoms with van der Waals surface area (Å²) in [5, 5.41) is 2.78. The van der Waals surface area contributed by atoms with Crippen molar-refractivity contribution in [1.29, 1.82) is 0 Å². The normalized spacial score (nSPS) is 17.7. The van der Waals surface area contributed by atoms with Crippen LogP contribution in [0.15, 0.2) is 42.5 Å². The summed E-state index contributed by atoms with van der Waals surface area (Å²) in [5.74, 6) is -1.54. The molecule has 4 rings (SSSR count). The van der Waals surface area contributed by atoms with Gasteiger partial charge in [0.2, 0.25) is 5.91 Å². The van der Waals surface area contributed by atoms with Crippen molar-refractivity contribution in [1.82, 2.24) is 0 Å². The van der Waals surface area contributed by atoms with Crippen LogP contribution in [0.3, 0.4) is 0 Å². The third-order valence-electron chi connectivity index (χ3n) is 5.85. The van der Waals surface area contributed by atoms with Gasteiger partial charge in [-0.25, -0.2) is 0 Å². The molecule has 1 aliphatic carbocycles. The summed E-state index contributed by atoms with van der Waals surface area (Å²) in [5.41, 5.74) is 5.22. The Kier molecular flexibility index (Phi) is 5.84. The number of benzene rings is 2. The zero-order valence-electron chi connectivity index (χ0n) is 17.1. The monoisotopic (exact) mass is 406 g/mol. The number of carbonyl (C=O) groups excluding carboxylic acids is 3. The molecule has 1 aliphatic heterocycles. The molecule has 1 saturated heterocycles. The largest absolute Gasteiger partial charge is 0.455 e. The Morgan fingerprint density at radius 3 is 2.77 bits per heavy atom. The minimum absolute atomic E-state index is 0.0968. The maximum Gasteiger partial charge on any atom is 0.311 e. The van der Waals surface area contributed by atoms with E-state index in [2.05, 4.69) is 5.32 Å². The number of nitrogens with one attached hydrogen (secondary N) is 1. The number of nitrogens with zero attached hydrogens (tertiary/aromatic N) is 1. The van der Waals surface area contributed by atoms with E-state index in [0.29, 0.717) is 0 Å². The minimum atomic E-state index is -0.560. The molecule has 30 heavy (non-hydrogen) atoms. The molecule has 0 unspecified atom stereocenters. The third kappa shape index (κ3) is 4.22. The maximum absolute atomic E-state index is 12.5. The van der Waals surface area contributed by atoms with Gasteiger partial charge in [0.05, 0.1) is 5.92 Å². The molecular weight excluding hydrogens is 380 g/mol. The summed E-state index contributed by atoms with van der Waals surface area (Å²) in [7, 11) is 0. The van der Waals surface area contributed by atoms with Gasteiger partial charge in [0.15, 0.2) is 6.61 Å². The highest BCUT2D eigenvalue weighted by Gasteiger charge is 2.37. The summed E-state index contributed by atoms with van der Waals surface area (Å²) in [6.07, 6.45) is 4.16. The maximum atomic E-state index is 12.5. The molecule has 0 saturated carbocycles. The zero-order valence-corrected chi connectivity index (χ0v) is 17.1. The fraction of sp³-hybridized carbons (Fsp3) is 0.375. The Hall–Kier alpha value is -3.15. The van der Waals surface area contributed by atoms with E-state index in [0.717, 1.165) is 42.6 Å². The molecule has 1 atom stereocenters. The van der Waals surface area contributed by atoms with Crippen LogP contribution < -0.4 is 10.2 Å². The summed E-state index contributed by atoms with van der Waals surface area (Å²) in [4.78, 5) is 38.8. The number of para-hydroxylation sites is 1. The molecule has 2 aromatic carbocycles. The van der Waals surface area contributed by atoms with E-state index in [9.17, 15) is 14.4 Å². The van der Waals surface area contributed by atoms with E-state index >= 15 is 0 Å². The molecule has 0 radical (unpaired) electrons. The lowest BCUT2D eigenvalue weighted by Crippen LogP contribution is -2.28. The number of carbonyl (C=O) groups is 3. The lowest BCUT2D eigenvalue weighted by Gasteiger charge is -2.19. The molecule has 1 N–H and O–H groups in total. The highest BCUT2D eigenvalue weighted by molar-refractivity contribution is 6.00. The van der Waals surface area contributed by atoms with Crippen LogP contribution in [-0.2, 0) is 38.4 Å². The fourth-order valence-corrected chi connectivity index (χ4v) is 4.27. The first kappa shape index (κ1) is 20.1. The number of aryl methyl sites for hydroxylation is 3. The average Bonchev–Trinajstić information content (AvgIpc) is 3.38. The van der Waals surface area contributed by atoms with Gasteiger partial charge in [-0.15, -0.1) is 0 Å². The van der Waals surface area contributed by atoms with Crippen LogP contribution in [0.25, 0.3) is 0 Å². The highest BCUT2D eigenvalue weighted by Crippen LogP contribution is 2.29. The average molecular weight is 406 g/mol. The SMILES string of the molecule is CCc1ccccc1N1C[C@@H](C(=O)OCC(=O)Nc2ccc3c(c2)CCC3)CC1=O. The van der Waals surface area contributed by atoms with Crippen LogP contribution in [0.5, 0.6) is 0 Å². The van der Waals surface area contributed by atoms with E-state index in [1.165, 1.54) is 11.1 Å². The van der Waals surface area contributed by atoms with Crippen LogP contribution in [0.4, 0.5) is 11.4 Å². The van der Waals surface area contributed by atoms with Gasteiger partial charge in [0.25, 0.3) is 5.91 Å². The number of hydrogen-bond acceptors (Lipinski definition) is 4. The number of rotatable bonds is 6. The smallest absolute Gasteiger partial charge is 0.311 e. The summed E-state index contributed by atoms with van der Waals surface area (Å²) in [6.45, 7) is 1.96. The van der Waals surface area contributed by atoms with E-state index in [1.807, 2.05) is 49.4 Å². The number of anilines is 2. The van der Waals surface area contributed by atoms with Gasteiger partial charge >= 0.3 is 5.97 Å². The molecule has 0 bridgehead atoms.